The van der Waals surface area contributed by atoms with E-state index in [1.807, 2.05) is 0 Å². The van der Waals surface area contributed by atoms with Crippen LogP contribution in [0.3, 0.4) is 0 Å². The Balaban J connectivity index is 2.08. The second-order valence-electron chi connectivity index (χ2n) is 3.91. The number of benzene rings is 2. The van der Waals surface area contributed by atoms with Gasteiger partial charge in [-0.15, -0.1) is 0 Å². The fourth-order valence-electron chi connectivity index (χ4n) is 1.50. The molecule has 0 aliphatic heterocycles. The number of carbonyl (C=O) groups excluding carboxylic acids is 1. The van der Waals surface area contributed by atoms with Gasteiger partial charge in [-0.1, -0.05) is 0 Å². The highest BCUT2D eigenvalue weighted by atomic mass is 19.2. The molecule has 0 aliphatic rings. The van der Waals surface area contributed by atoms with Crippen LogP contribution in [0, 0.1) is 23.3 Å². The predicted octanol–water partition coefficient (Wildman–Crippen LogP) is 3.50. The van der Waals surface area contributed by atoms with E-state index in [-0.39, 0.29) is 5.75 Å². The Hall–Kier alpha value is -2.37. The van der Waals surface area contributed by atoms with E-state index in [0.29, 0.717) is 0 Å². The van der Waals surface area contributed by atoms with Crippen molar-refractivity contribution in [2.24, 2.45) is 0 Å². The van der Waals surface area contributed by atoms with Crippen LogP contribution >= 0.6 is 0 Å². The van der Waals surface area contributed by atoms with Crippen molar-refractivity contribution in [1.29, 1.82) is 0 Å². The van der Waals surface area contributed by atoms with Crippen molar-refractivity contribution in [3.8, 4) is 5.75 Å². The summed E-state index contributed by atoms with van der Waals surface area (Å²) in [5.41, 5.74) is -0.465. The summed E-state index contributed by atoms with van der Waals surface area (Å²) in [5, 5.41) is 0. The standard InChI is InChI=1S/C14H8F4O2/c15-8-1-3-11(16)10(5-8)14(19)7-20-9-2-4-12(17)13(18)6-9/h1-6H,7H2. The highest BCUT2D eigenvalue weighted by Gasteiger charge is 2.14. The minimum atomic E-state index is -1.13. The van der Waals surface area contributed by atoms with Crippen LogP contribution in [0.5, 0.6) is 5.75 Å². The molecule has 2 aromatic rings. The Morgan fingerprint density at radius 1 is 0.900 bits per heavy atom. The quantitative estimate of drug-likeness (QED) is 0.634. The molecule has 6 heteroatoms. The van der Waals surface area contributed by atoms with E-state index in [1.165, 1.54) is 0 Å². The van der Waals surface area contributed by atoms with Crippen LogP contribution in [0.4, 0.5) is 17.6 Å². The van der Waals surface area contributed by atoms with Crippen LogP contribution in [-0.4, -0.2) is 12.4 Å². The van der Waals surface area contributed by atoms with Crippen LogP contribution in [0.2, 0.25) is 0 Å². The zero-order chi connectivity index (χ0) is 14.7. The van der Waals surface area contributed by atoms with Gasteiger partial charge >= 0.3 is 0 Å². The normalized spacial score (nSPS) is 10.4. The molecule has 2 aromatic carbocycles. The molecule has 0 fully saturated rings. The lowest BCUT2D eigenvalue weighted by Gasteiger charge is -2.06. The highest BCUT2D eigenvalue weighted by molar-refractivity contribution is 5.97. The van der Waals surface area contributed by atoms with Gasteiger partial charge in [-0.3, -0.25) is 4.79 Å². The molecular formula is C14H8F4O2. The molecule has 0 aromatic heterocycles. The molecule has 0 saturated heterocycles. The van der Waals surface area contributed by atoms with E-state index < -0.39 is 41.2 Å². The van der Waals surface area contributed by atoms with Gasteiger partial charge in [0.05, 0.1) is 5.56 Å². The van der Waals surface area contributed by atoms with E-state index >= 15 is 0 Å². The SMILES string of the molecule is O=C(COc1ccc(F)c(F)c1)c1cc(F)ccc1F. The second-order valence-corrected chi connectivity index (χ2v) is 3.91. The third kappa shape index (κ3) is 3.14. The van der Waals surface area contributed by atoms with Crippen molar-refractivity contribution in [1.82, 2.24) is 0 Å². The number of ketones is 1. The molecule has 2 nitrogen and oxygen atoms in total. The smallest absolute Gasteiger partial charge is 0.203 e. The average Bonchev–Trinajstić information content (AvgIpc) is 2.42. The molecular weight excluding hydrogens is 276 g/mol. The Labute approximate surface area is 111 Å². The van der Waals surface area contributed by atoms with Crippen LogP contribution in [0.15, 0.2) is 36.4 Å². The molecule has 0 bridgehead atoms. The molecule has 0 heterocycles. The van der Waals surface area contributed by atoms with Gasteiger partial charge in [0.15, 0.2) is 18.2 Å². The van der Waals surface area contributed by atoms with E-state index in [2.05, 4.69) is 0 Å². The summed E-state index contributed by atoms with van der Waals surface area (Å²) in [6, 6.07) is 5.14. The van der Waals surface area contributed by atoms with Crippen molar-refractivity contribution in [3.05, 3.63) is 65.2 Å². The second kappa shape index (κ2) is 5.73. The largest absolute Gasteiger partial charge is 0.485 e. The summed E-state index contributed by atoms with van der Waals surface area (Å²) in [6.45, 7) is -0.620. The lowest BCUT2D eigenvalue weighted by atomic mass is 10.1. The van der Waals surface area contributed by atoms with E-state index in [1.54, 1.807) is 0 Å². The van der Waals surface area contributed by atoms with E-state index in [9.17, 15) is 22.4 Å². The van der Waals surface area contributed by atoms with Gasteiger partial charge < -0.3 is 4.74 Å². The summed E-state index contributed by atoms with van der Waals surface area (Å²) in [5.74, 6) is -4.74. The molecule has 0 N–H and O–H groups in total. The number of halogens is 4. The molecule has 0 amide bonds. The van der Waals surface area contributed by atoms with Crippen molar-refractivity contribution < 1.29 is 27.1 Å². The van der Waals surface area contributed by atoms with Crippen LogP contribution < -0.4 is 4.74 Å². The van der Waals surface area contributed by atoms with E-state index in [4.69, 9.17) is 4.74 Å². The van der Waals surface area contributed by atoms with Crippen molar-refractivity contribution in [3.63, 3.8) is 0 Å². The molecule has 0 radical (unpaired) electrons. The Morgan fingerprint density at radius 3 is 2.30 bits per heavy atom. The third-order valence-electron chi connectivity index (χ3n) is 2.49. The maximum atomic E-state index is 13.3. The fourth-order valence-corrected chi connectivity index (χ4v) is 1.50. The summed E-state index contributed by atoms with van der Waals surface area (Å²) in [4.78, 5) is 11.6. The first kappa shape index (κ1) is 14.0. The zero-order valence-electron chi connectivity index (χ0n) is 10.00. The summed E-state index contributed by atoms with van der Waals surface area (Å²) in [7, 11) is 0. The first-order valence-corrected chi connectivity index (χ1v) is 5.53. The van der Waals surface area contributed by atoms with Gasteiger partial charge in [-0.2, -0.15) is 0 Å². The summed E-state index contributed by atoms with van der Waals surface area (Å²) < 4.78 is 56.7. The zero-order valence-corrected chi connectivity index (χ0v) is 10.00. The lowest BCUT2D eigenvalue weighted by Crippen LogP contribution is -2.13. The molecule has 0 atom stereocenters. The first-order valence-electron chi connectivity index (χ1n) is 5.53. The molecule has 0 aliphatic carbocycles. The van der Waals surface area contributed by atoms with Gasteiger partial charge in [0.2, 0.25) is 5.78 Å². The number of rotatable bonds is 4. The van der Waals surface area contributed by atoms with Crippen molar-refractivity contribution >= 4 is 5.78 Å². The number of hydrogen-bond acceptors (Lipinski definition) is 2. The maximum absolute atomic E-state index is 13.3. The number of Topliss-reactive ketones (excluding diaryl/α,β-unsaturated/α-hetero) is 1. The maximum Gasteiger partial charge on any atom is 0.203 e. The Morgan fingerprint density at radius 2 is 1.60 bits per heavy atom. The monoisotopic (exact) mass is 284 g/mol. The minimum absolute atomic E-state index is 0.0888. The van der Waals surface area contributed by atoms with Crippen LogP contribution in [0.25, 0.3) is 0 Å². The van der Waals surface area contributed by atoms with Crippen molar-refractivity contribution in [2.45, 2.75) is 0 Å². The van der Waals surface area contributed by atoms with Gasteiger partial charge in [0.25, 0.3) is 0 Å². The van der Waals surface area contributed by atoms with Gasteiger partial charge in [0, 0.05) is 6.07 Å². The summed E-state index contributed by atoms with van der Waals surface area (Å²) >= 11 is 0. The number of ether oxygens (including phenoxy) is 1. The molecule has 0 unspecified atom stereocenters. The highest BCUT2D eigenvalue weighted by Crippen LogP contribution is 2.16. The number of hydrogen-bond donors (Lipinski definition) is 0. The topological polar surface area (TPSA) is 26.3 Å². The third-order valence-corrected chi connectivity index (χ3v) is 2.49. The molecule has 2 rings (SSSR count). The molecule has 0 spiro atoms. The van der Waals surface area contributed by atoms with Crippen LogP contribution in [-0.2, 0) is 0 Å². The van der Waals surface area contributed by atoms with Crippen LogP contribution in [0.1, 0.15) is 10.4 Å². The number of carbonyl (C=O) groups is 1. The average molecular weight is 284 g/mol. The Kier molecular flexibility index (Phi) is 4.02. The predicted molar refractivity (Wildman–Crippen MR) is 62.5 cm³/mol. The fraction of sp³-hybridized carbons (Fsp3) is 0.0714. The molecule has 0 saturated carbocycles. The van der Waals surface area contributed by atoms with E-state index in [0.717, 1.165) is 36.4 Å². The minimum Gasteiger partial charge on any atom is -0.485 e. The van der Waals surface area contributed by atoms with Gasteiger partial charge in [0.1, 0.15) is 17.4 Å². The van der Waals surface area contributed by atoms with Crippen molar-refractivity contribution in [2.75, 3.05) is 6.61 Å². The van der Waals surface area contributed by atoms with Gasteiger partial charge in [-0.25, -0.2) is 17.6 Å². The lowest BCUT2D eigenvalue weighted by molar-refractivity contribution is 0.0916. The molecule has 20 heavy (non-hydrogen) atoms. The first-order chi connectivity index (χ1) is 9.47. The van der Waals surface area contributed by atoms with Gasteiger partial charge in [-0.05, 0) is 30.3 Å². The molecule has 104 valence electrons. The Bertz CT molecular complexity index is 656. The summed E-state index contributed by atoms with van der Waals surface area (Å²) in [6.07, 6.45) is 0.